The van der Waals surface area contributed by atoms with E-state index in [0.717, 1.165) is 31.3 Å². The Morgan fingerprint density at radius 3 is 2.60 bits per heavy atom. The number of rotatable bonds is 3. The maximum Gasteiger partial charge on any atom is 0.338 e. The van der Waals surface area contributed by atoms with Gasteiger partial charge < -0.3 is 9.84 Å². The van der Waals surface area contributed by atoms with Crippen LogP contribution in [0, 0.1) is 5.92 Å². The number of carbonyl (C=O) groups is 2. The molecule has 4 nitrogen and oxygen atoms in total. The first kappa shape index (κ1) is 14.6. The molecule has 2 aliphatic carbocycles. The fourth-order valence-corrected chi connectivity index (χ4v) is 2.75. The van der Waals surface area contributed by atoms with E-state index in [1.165, 1.54) is 12.0 Å². The number of aliphatic carboxylic acids is 1. The molecule has 1 fully saturated rings. The van der Waals surface area contributed by atoms with Gasteiger partial charge in [-0.15, -0.1) is 0 Å². The summed E-state index contributed by atoms with van der Waals surface area (Å²) >= 11 is 0. The van der Waals surface area contributed by atoms with Gasteiger partial charge in [0, 0.05) is 0 Å². The van der Waals surface area contributed by atoms with Crippen LogP contribution in [-0.2, 0) is 14.3 Å². The minimum absolute atomic E-state index is 0.318. The van der Waals surface area contributed by atoms with Crippen LogP contribution in [0.1, 0.15) is 39.0 Å². The number of carbonyl (C=O) groups excluding carboxylic acids is 1. The van der Waals surface area contributed by atoms with Crippen molar-refractivity contribution < 1.29 is 19.4 Å². The van der Waals surface area contributed by atoms with Crippen LogP contribution in [0.3, 0.4) is 0 Å². The monoisotopic (exact) mass is 276 g/mol. The average Bonchev–Trinajstić information content (AvgIpc) is 2.47. The highest BCUT2D eigenvalue weighted by Gasteiger charge is 2.26. The summed E-state index contributed by atoms with van der Waals surface area (Å²) in [6.07, 6.45) is 10.1. The van der Waals surface area contributed by atoms with Crippen LogP contribution in [0.15, 0.2) is 34.9 Å². The van der Waals surface area contributed by atoms with Gasteiger partial charge in [0.05, 0.1) is 12.2 Å². The van der Waals surface area contributed by atoms with Crippen LogP contribution in [-0.4, -0.2) is 23.7 Å². The summed E-state index contributed by atoms with van der Waals surface area (Å²) in [6, 6.07) is 0. The fraction of sp³-hybridized carbons (Fsp3) is 0.500. The van der Waals surface area contributed by atoms with E-state index in [0.29, 0.717) is 12.2 Å². The molecular formula is C16H20O4. The predicted molar refractivity (Wildman–Crippen MR) is 75.1 cm³/mol. The van der Waals surface area contributed by atoms with Crippen LogP contribution >= 0.6 is 0 Å². The molecule has 2 aliphatic rings. The summed E-state index contributed by atoms with van der Waals surface area (Å²) in [5, 5.41) is 9.34. The summed E-state index contributed by atoms with van der Waals surface area (Å²) in [6.45, 7) is 2.07. The second-order valence-corrected chi connectivity index (χ2v) is 5.11. The minimum atomic E-state index is -0.867. The van der Waals surface area contributed by atoms with Gasteiger partial charge in [-0.25, -0.2) is 4.79 Å². The molecule has 0 saturated heterocycles. The lowest BCUT2D eigenvalue weighted by Gasteiger charge is -2.23. The van der Waals surface area contributed by atoms with Gasteiger partial charge in [-0.05, 0) is 44.3 Å². The number of carboxylic acids is 1. The van der Waals surface area contributed by atoms with Gasteiger partial charge in [0.15, 0.2) is 0 Å². The lowest BCUT2D eigenvalue weighted by Crippen LogP contribution is -2.20. The molecule has 0 amide bonds. The molecule has 4 heteroatoms. The molecule has 108 valence electrons. The molecule has 20 heavy (non-hydrogen) atoms. The van der Waals surface area contributed by atoms with Crippen molar-refractivity contribution in [1.82, 2.24) is 0 Å². The number of ether oxygens (including phenoxy) is 1. The van der Waals surface area contributed by atoms with Crippen molar-refractivity contribution in [2.45, 2.75) is 39.0 Å². The summed E-state index contributed by atoms with van der Waals surface area (Å²) < 4.78 is 4.98. The quantitative estimate of drug-likeness (QED) is 0.805. The van der Waals surface area contributed by atoms with Gasteiger partial charge >= 0.3 is 11.9 Å². The van der Waals surface area contributed by atoms with E-state index in [2.05, 4.69) is 0 Å². The first-order valence-corrected chi connectivity index (χ1v) is 7.15. The number of hydrogen-bond donors (Lipinski definition) is 1. The highest BCUT2D eigenvalue weighted by atomic mass is 16.5. The van der Waals surface area contributed by atoms with Crippen molar-refractivity contribution in [3.8, 4) is 0 Å². The molecule has 1 N–H and O–H groups in total. The van der Waals surface area contributed by atoms with E-state index in [9.17, 15) is 14.7 Å². The van der Waals surface area contributed by atoms with E-state index in [-0.39, 0.29) is 5.97 Å². The zero-order valence-corrected chi connectivity index (χ0v) is 11.7. The number of esters is 1. The van der Waals surface area contributed by atoms with Gasteiger partial charge in [-0.2, -0.15) is 0 Å². The maximum atomic E-state index is 11.8. The third kappa shape index (κ3) is 3.18. The van der Waals surface area contributed by atoms with Gasteiger partial charge in [-0.3, -0.25) is 4.79 Å². The summed E-state index contributed by atoms with van der Waals surface area (Å²) in [5.74, 6) is -1.89. The lowest BCUT2D eigenvalue weighted by molar-refractivity contribution is -0.140. The topological polar surface area (TPSA) is 63.6 Å². The van der Waals surface area contributed by atoms with Gasteiger partial charge in [-0.1, -0.05) is 24.1 Å². The number of carboxylic acid groups (broad SMARTS) is 1. The predicted octanol–water partition coefficient (Wildman–Crippen LogP) is 3.01. The summed E-state index contributed by atoms with van der Waals surface area (Å²) in [5.41, 5.74) is 2.40. The Morgan fingerprint density at radius 2 is 2.00 bits per heavy atom. The highest BCUT2D eigenvalue weighted by molar-refractivity contribution is 5.94. The van der Waals surface area contributed by atoms with Crippen molar-refractivity contribution in [2.75, 3.05) is 6.61 Å². The molecule has 0 aliphatic heterocycles. The summed E-state index contributed by atoms with van der Waals surface area (Å²) in [7, 11) is 0. The van der Waals surface area contributed by atoms with Gasteiger partial charge in [0.25, 0.3) is 0 Å². The molecule has 0 aromatic heterocycles. The first-order chi connectivity index (χ1) is 9.63. The third-order valence-corrected chi connectivity index (χ3v) is 3.76. The van der Waals surface area contributed by atoms with Crippen LogP contribution < -0.4 is 0 Å². The second-order valence-electron chi connectivity index (χ2n) is 5.11. The molecule has 0 spiro atoms. The molecule has 1 atom stereocenters. The number of allylic oxidation sites excluding steroid dienone is 2. The number of hydrogen-bond acceptors (Lipinski definition) is 3. The van der Waals surface area contributed by atoms with Crippen LogP contribution in [0.25, 0.3) is 0 Å². The SMILES string of the molecule is CCOC(=O)C1=CC(=C2CCCCC2)C(C(=O)O)C=C1. The Hall–Kier alpha value is -1.84. The van der Waals surface area contributed by atoms with Crippen LogP contribution in [0.4, 0.5) is 0 Å². The largest absolute Gasteiger partial charge is 0.481 e. The Labute approximate surface area is 118 Å². The lowest BCUT2D eigenvalue weighted by atomic mass is 9.82. The van der Waals surface area contributed by atoms with Crippen molar-refractivity contribution in [3.63, 3.8) is 0 Å². The molecule has 2 rings (SSSR count). The van der Waals surface area contributed by atoms with Crippen molar-refractivity contribution in [2.24, 2.45) is 5.92 Å². The molecular weight excluding hydrogens is 256 g/mol. The normalized spacial score (nSPS) is 22.4. The molecule has 0 bridgehead atoms. The van der Waals surface area contributed by atoms with Crippen LogP contribution in [0.5, 0.6) is 0 Å². The van der Waals surface area contributed by atoms with E-state index in [1.54, 1.807) is 25.2 Å². The second kappa shape index (κ2) is 6.55. The molecule has 0 aromatic rings. The minimum Gasteiger partial charge on any atom is -0.481 e. The Balaban J connectivity index is 2.33. The van der Waals surface area contributed by atoms with E-state index >= 15 is 0 Å². The Bertz CT molecular complexity index is 489. The summed E-state index contributed by atoms with van der Waals surface area (Å²) in [4.78, 5) is 23.2. The maximum absolute atomic E-state index is 11.8. The zero-order valence-electron chi connectivity index (χ0n) is 11.7. The highest BCUT2D eigenvalue weighted by Crippen LogP contribution is 2.33. The van der Waals surface area contributed by atoms with Crippen molar-refractivity contribution in [1.29, 1.82) is 0 Å². The zero-order chi connectivity index (χ0) is 14.5. The van der Waals surface area contributed by atoms with Crippen molar-refractivity contribution in [3.05, 3.63) is 34.9 Å². The fourth-order valence-electron chi connectivity index (χ4n) is 2.75. The van der Waals surface area contributed by atoms with Crippen molar-refractivity contribution >= 4 is 11.9 Å². The molecule has 1 saturated carbocycles. The van der Waals surface area contributed by atoms with E-state index in [4.69, 9.17) is 4.74 Å². The molecule has 1 unspecified atom stereocenters. The molecule has 0 aromatic carbocycles. The first-order valence-electron chi connectivity index (χ1n) is 7.15. The Morgan fingerprint density at radius 1 is 1.30 bits per heavy atom. The van der Waals surface area contributed by atoms with Gasteiger partial charge in [0.2, 0.25) is 0 Å². The van der Waals surface area contributed by atoms with Crippen LogP contribution in [0.2, 0.25) is 0 Å². The molecule has 0 heterocycles. The molecule has 0 radical (unpaired) electrons. The third-order valence-electron chi connectivity index (χ3n) is 3.76. The van der Waals surface area contributed by atoms with E-state index in [1.807, 2.05) is 0 Å². The Kier molecular flexibility index (Phi) is 4.77. The standard InChI is InChI=1S/C16H20O4/c1-2-20-16(19)12-8-9-13(15(17)18)14(10-12)11-6-4-3-5-7-11/h8-10,13H,2-7H2,1H3,(H,17,18). The smallest absolute Gasteiger partial charge is 0.338 e. The average molecular weight is 276 g/mol. The van der Waals surface area contributed by atoms with Gasteiger partial charge in [0.1, 0.15) is 5.92 Å². The van der Waals surface area contributed by atoms with E-state index < -0.39 is 11.9 Å².